The van der Waals surface area contributed by atoms with Crippen molar-refractivity contribution >= 4 is 21.8 Å². The Morgan fingerprint density at radius 1 is 0.288 bits per heavy atom. The molecule has 0 spiro atoms. The predicted octanol–water partition coefficient (Wildman–Crippen LogP) is 9.19. The normalized spacial score (nSPS) is 10.0. The summed E-state index contributed by atoms with van der Waals surface area (Å²) in [4.78, 5) is 35.5. The summed E-state index contributed by atoms with van der Waals surface area (Å²) in [6.07, 6.45) is 10.6. The van der Waals surface area contributed by atoms with Crippen LogP contribution in [0.15, 0.2) is 183 Å². The third kappa shape index (κ3) is 9.53. The van der Waals surface area contributed by atoms with E-state index in [2.05, 4.69) is 54.2 Å². The van der Waals surface area contributed by atoms with Gasteiger partial charge in [0.1, 0.15) is 11.4 Å². The van der Waals surface area contributed by atoms with Gasteiger partial charge in [-0.3, -0.25) is 29.9 Å². The van der Waals surface area contributed by atoms with E-state index in [1.807, 2.05) is 121 Å². The van der Waals surface area contributed by atoms with Gasteiger partial charge >= 0.3 is 40.9 Å². The summed E-state index contributed by atoms with van der Waals surface area (Å²) in [5.41, 5.74) is 8.42. The van der Waals surface area contributed by atoms with Gasteiger partial charge in [-0.1, -0.05) is 60.7 Å². The molecule has 0 atom stereocenters. The molecule has 0 bridgehead atoms. The summed E-state index contributed by atoms with van der Waals surface area (Å²) in [6, 6.07) is 47.2. The molecule has 0 fully saturated rings. The Morgan fingerprint density at radius 3 is 0.788 bits per heavy atom. The molecule has 52 heavy (non-hydrogen) atoms. The minimum absolute atomic E-state index is 0. The molecule has 0 aliphatic carbocycles. The summed E-state index contributed by atoms with van der Waals surface area (Å²) in [6.45, 7) is 0. The molecule has 7 heterocycles. The summed E-state index contributed by atoms with van der Waals surface area (Å²) in [5.74, 6) is 0. The molecule has 0 amide bonds. The number of pyridine rings is 6. The average Bonchev–Trinajstić information content (AvgIpc) is 3.22. The van der Waals surface area contributed by atoms with E-state index >= 15 is 0 Å². The first-order valence-corrected chi connectivity index (χ1v) is 16.0. The van der Waals surface area contributed by atoms with E-state index in [1.165, 1.54) is 0 Å². The Kier molecular flexibility index (Phi) is 13.7. The number of benzene rings is 2. The van der Waals surface area contributed by atoms with Crippen molar-refractivity contribution in [3.8, 4) is 45.6 Å². The third-order valence-corrected chi connectivity index (χ3v) is 7.53. The molecule has 10 heteroatoms. The van der Waals surface area contributed by atoms with E-state index in [4.69, 9.17) is 9.97 Å². The van der Waals surface area contributed by atoms with Crippen LogP contribution in [0.1, 0.15) is 0 Å². The summed E-state index contributed by atoms with van der Waals surface area (Å²) >= 11 is 0. The van der Waals surface area contributed by atoms with Gasteiger partial charge < -0.3 is 0 Å². The van der Waals surface area contributed by atoms with E-state index in [0.717, 1.165) is 67.4 Å². The maximum absolute atomic E-state index is 4.91. The van der Waals surface area contributed by atoms with Crippen LogP contribution in [0.25, 0.3) is 67.4 Å². The molecule has 0 aliphatic heterocycles. The topological polar surface area (TPSA) is 103 Å². The van der Waals surface area contributed by atoms with Gasteiger partial charge in [0, 0.05) is 37.2 Å². The van der Waals surface area contributed by atoms with Crippen LogP contribution >= 0.6 is 0 Å². The van der Waals surface area contributed by atoms with E-state index in [9.17, 15) is 0 Å². The van der Waals surface area contributed by atoms with E-state index in [-0.39, 0.29) is 40.9 Å². The molecule has 9 rings (SSSR count). The van der Waals surface area contributed by atoms with Crippen molar-refractivity contribution in [3.05, 3.63) is 183 Å². The standard InChI is InChI=1S/C22H14N4.2C10H8N2.Os.Pt/c1-2-8-16-14-20-19(13-15(16)7-1)25-21(17-9-3-5-11-23-17)22(26-20)18-10-4-6-12-24-18;2*1-3-7-11-9(5-1)10-6-2-4-8-12-10;;/h1-14H;2*1-8H;;/q;;;2*+2. The second-order valence-corrected chi connectivity index (χ2v) is 10.9. The molecule has 8 nitrogen and oxygen atoms in total. The van der Waals surface area contributed by atoms with Gasteiger partial charge in [0.25, 0.3) is 0 Å². The number of fused-ring (bicyclic) bond motifs is 2. The van der Waals surface area contributed by atoms with Gasteiger partial charge in [-0.05, 0) is 95.7 Å². The second-order valence-electron chi connectivity index (χ2n) is 10.9. The van der Waals surface area contributed by atoms with Crippen molar-refractivity contribution in [3.63, 3.8) is 0 Å². The van der Waals surface area contributed by atoms with Crippen LogP contribution in [0.3, 0.4) is 0 Å². The maximum atomic E-state index is 4.91. The number of hydrogen-bond donors (Lipinski definition) is 0. The molecule has 252 valence electrons. The van der Waals surface area contributed by atoms with Crippen LogP contribution in [0.4, 0.5) is 0 Å². The Labute approximate surface area is 328 Å². The smallest absolute Gasteiger partial charge is 0.255 e. The van der Waals surface area contributed by atoms with Crippen molar-refractivity contribution in [1.82, 2.24) is 39.9 Å². The summed E-state index contributed by atoms with van der Waals surface area (Å²) < 4.78 is 0. The maximum Gasteiger partial charge on any atom is 2.00 e. The monoisotopic (exact) mass is 1030 g/mol. The van der Waals surface area contributed by atoms with Crippen molar-refractivity contribution in [2.45, 2.75) is 0 Å². The van der Waals surface area contributed by atoms with Gasteiger partial charge in [-0.2, -0.15) is 0 Å². The second kappa shape index (κ2) is 19.0. The van der Waals surface area contributed by atoms with Crippen LogP contribution in [-0.4, -0.2) is 39.9 Å². The molecule has 0 N–H and O–H groups in total. The van der Waals surface area contributed by atoms with Crippen molar-refractivity contribution in [1.29, 1.82) is 0 Å². The van der Waals surface area contributed by atoms with Gasteiger partial charge in [-0.15, -0.1) is 0 Å². The fraction of sp³-hybridized carbons (Fsp3) is 0. The number of nitrogens with zero attached hydrogens (tertiary/aromatic N) is 8. The minimum atomic E-state index is 0. The molecule has 0 radical (unpaired) electrons. The number of hydrogen-bond acceptors (Lipinski definition) is 8. The largest absolute Gasteiger partial charge is 2.00 e. The fourth-order valence-electron chi connectivity index (χ4n) is 5.16. The molecule has 0 saturated carbocycles. The van der Waals surface area contributed by atoms with Crippen LogP contribution in [0.5, 0.6) is 0 Å². The van der Waals surface area contributed by atoms with Crippen LogP contribution in [0.2, 0.25) is 0 Å². The SMILES string of the molecule is [Os+2].[Pt+2].c1ccc(-c2ccccn2)nc1.c1ccc(-c2ccccn2)nc1.c1ccc(-c2nc3cc4ccccc4cc3nc2-c2ccccn2)nc1. The quantitative estimate of drug-likeness (QED) is 0.161. The molecule has 2 aromatic carbocycles. The third-order valence-electron chi connectivity index (χ3n) is 7.53. The molecule has 9 aromatic rings. The Bertz CT molecular complexity index is 2160. The van der Waals surface area contributed by atoms with Crippen molar-refractivity contribution in [2.24, 2.45) is 0 Å². The minimum Gasteiger partial charge on any atom is -0.255 e. The Hall–Kier alpha value is -5.74. The van der Waals surface area contributed by atoms with E-state index < -0.39 is 0 Å². The van der Waals surface area contributed by atoms with Gasteiger partial charge in [0.15, 0.2) is 0 Å². The summed E-state index contributed by atoms with van der Waals surface area (Å²) in [7, 11) is 0. The molecule has 7 aromatic heterocycles. The first-order chi connectivity index (χ1) is 24.8. The van der Waals surface area contributed by atoms with Crippen molar-refractivity contribution in [2.75, 3.05) is 0 Å². The van der Waals surface area contributed by atoms with Gasteiger partial charge in [0.2, 0.25) is 0 Å². The van der Waals surface area contributed by atoms with E-state index in [0.29, 0.717) is 0 Å². The Balaban J connectivity index is 0.000000168. The summed E-state index contributed by atoms with van der Waals surface area (Å²) in [5, 5.41) is 2.29. The van der Waals surface area contributed by atoms with Gasteiger partial charge in [0.05, 0.1) is 45.2 Å². The zero-order valence-corrected chi connectivity index (χ0v) is 32.4. The fourth-order valence-corrected chi connectivity index (χ4v) is 5.16. The molecule has 0 aliphatic rings. The number of rotatable bonds is 4. The Morgan fingerprint density at radius 2 is 0.538 bits per heavy atom. The molecular weight excluding hydrogens is 1000 g/mol. The average molecular weight is 1030 g/mol. The predicted molar refractivity (Wildman–Crippen MR) is 198 cm³/mol. The zero-order chi connectivity index (χ0) is 33.8. The molecule has 0 saturated heterocycles. The van der Waals surface area contributed by atoms with Gasteiger partial charge in [-0.25, -0.2) is 9.97 Å². The zero-order valence-electron chi connectivity index (χ0n) is 27.6. The molecule has 0 unspecified atom stereocenters. The van der Waals surface area contributed by atoms with E-state index in [1.54, 1.807) is 37.2 Å². The van der Waals surface area contributed by atoms with Crippen molar-refractivity contribution < 1.29 is 40.9 Å². The first-order valence-electron chi connectivity index (χ1n) is 16.0. The molecular formula is C42H30N8OsPt+4. The van der Waals surface area contributed by atoms with Crippen LogP contribution < -0.4 is 0 Å². The number of aromatic nitrogens is 8. The van der Waals surface area contributed by atoms with Crippen LogP contribution in [-0.2, 0) is 40.9 Å². The first kappa shape index (κ1) is 37.5. The van der Waals surface area contributed by atoms with Crippen LogP contribution in [0, 0.1) is 0 Å².